The number of amides is 4. The fourth-order valence-electron chi connectivity index (χ4n) is 8.19. The Kier molecular flexibility index (Phi) is 10.1. The number of ether oxygens (including phenoxy) is 3. The summed E-state index contributed by atoms with van der Waals surface area (Å²) in [6, 6.07) is 12.4. The Hall–Kier alpha value is -4.03. The van der Waals surface area contributed by atoms with Gasteiger partial charge in [-0.1, -0.05) is 24.3 Å². The molecule has 12 nitrogen and oxygen atoms in total. The molecule has 0 spiro atoms. The molecule has 49 heavy (non-hydrogen) atoms. The summed E-state index contributed by atoms with van der Waals surface area (Å²) < 4.78 is 17.7. The number of hydrogen-bond acceptors (Lipinski definition) is 8. The molecule has 3 fully saturated rings. The molecule has 5 heterocycles. The number of carbonyl (C=O) groups is 3. The quantitative estimate of drug-likeness (QED) is 0.494. The van der Waals surface area contributed by atoms with Gasteiger partial charge in [-0.3, -0.25) is 9.69 Å². The van der Waals surface area contributed by atoms with E-state index < -0.39 is 12.2 Å². The maximum atomic E-state index is 14.2. The van der Waals surface area contributed by atoms with Crippen LogP contribution in [0, 0.1) is 6.92 Å². The number of hydrogen-bond donors (Lipinski definition) is 1. The third-order valence-electron chi connectivity index (χ3n) is 11.0. The SMILES string of the molecule is Cc1cc(C[C@@H](OC(=O)N2CCC(N3CCc4ccccc4NC3=O)CC2)C(=O)N2CCN(C3CCOCC3)CC2)cc2c1N(C)CCO2. The van der Waals surface area contributed by atoms with Crippen molar-refractivity contribution in [1.82, 2.24) is 19.6 Å². The van der Waals surface area contributed by atoms with Crippen molar-refractivity contribution in [2.24, 2.45) is 0 Å². The van der Waals surface area contributed by atoms with E-state index in [0.29, 0.717) is 58.2 Å². The predicted octanol–water partition coefficient (Wildman–Crippen LogP) is 3.75. The van der Waals surface area contributed by atoms with Gasteiger partial charge >= 0.3 is 12.1 Å². The molecule has 7 rings (SSSR count). The molecule has 5 aliphatic rings. The van der Waals surface area contributed by atoms with Crippen molar-refractivity contribution in [2.75, 3.05) is 89.4 Å². The van der Waals surface area contributed by atoms with Crippen LogP contribution in [0.15, 0.2) is 36.4 Å². The number of piperidine rings is 1. The number of fused-ring (bicyclic) bond motifs is 2. The van der Waals surface area contributed by atoms with Crippen LogP contribution in [0.5, 0.6) is 5.75 Å². The van der Waals surface area contributed by atoms with Crippen molar-refractivity contribution in [1.29, 1.82) is 0 Å². The fraction of sp³-hybridized carbons (Fsp3) is 0.595. The Balaban J connectivity index is 1.01. The highest BCUT2D eigenvalue weighted by Crippen LogP contribution is 2.36. The zero-order valence-electron chi connectivity index (χ0n) is 28.9. The Bertz CT molecular complexity index is 1510. The number of likely N-dealkylation sites (N-methyl/N-ethyl adjacent to an activating group) is 1. The van der Waals surface area contributed by atoms with Gasteiger partial charge < -0.3 is 39.1 Å². The van der Waals surface area contributed by atoms with Gasteiger partial charge in [0.25, 0.3) is 5.91 Å². The lowest BCUT2D eigenvalue weighted by Crippen LogP contribution is -2.56. The van der Waals surface area contributed by atoms with Crippen molar-refractivity contribution in [2.45, 2.75) is 63.6 Å². The number of nitrogens with one attached hydrogen (secondary N) is 1. The smallest absolute Gasteiger partial charge is 0.410 e. The van der Waals surface area contributed by atoms with Crippen molar-refractivity contribution in [3.63, 3.8) is 0 Å². The summed E-state index contributed by atoms with van der Waals surface area (Å²) in [4.78, 5) is 51.1. The summed E-state index contributed by atoms with van der Waals surface area (Å²) in [6.45, 7) is 9.43. The van der Waals surface area contributed by atoms with E-state index in [4.69, 9.17) is 14.2 Å². The van der Waals surface area contributed by atoms with Crippen LogP contribution in [0.2, 0.25) is 0 Å². The molecule has 0 radical (unpaired) electrons. The van der Waals surface area contributed by atoms with Gasteiger partial charge in [-0.25, -0.2) is 9.59 Å². The van der Waals surface area contributed by atoms with Crippen LogP contribution in [-0.4, -0.2) is 135 Å². The van der Waals surface area contributed by atoms with E-state index in [1.165, 1.54) is 0 Å². The van der Waals surface area contributed by atoms with Gasteiger partial charge in [0.05, 0.1) is 12.2 Å². The van der Waals surface area contributed by atoms with Crippen LogP contribution in [0.4, 0.5) is 21.0 Å². The average Bonchev–Trinajstić information content (AvgIpc) is 3.29. The Morgan fingerprint density at radius 1 is 0.898 bits per heavy atom. The molecule has 1 atom stereocenters. The van der Waals surface area contributed by atoms with Gasteiger partial charge in [0.2, 0.25) is 0 Å². The summed E-state index contributed by atoms with van der Waals surface area (Å²) in [5.74, 6) is 0.651. The summed E-state index contributed by atoms with van der Waals surface area (Å²) >= 11 is 0. The van der Waals surface area contributed by atoms with Crippen LogP contribution >= 0.6 is 0 Å². The number of piperazine rings is 1. The molecule has 264 valence electrons. The summed E-state index contributed by atoms with van der Waals surface area (Å²) in [5, 5.41) is 3.06. The molecular formula is C37H50N6O6. The second-order valence-corrected chi connectivity index (χ2v) is 14.1. The van der Waals surface area contributed by atoms with E-state index in [-0.39, 0.29) is 24.4 Å². The highest BCUT2D eigenvalue weighted by molar-refractivity contribution is 5.91. The Morgan fingerprint density at radius 2 is 1.65 bits per heavy atom. The van der Waals surface area contributed by atoms with Crippen LogP contribution in [0.3, 0.4) is 0 Å². The lowest BCUT2D eigenvalue weighted by molar-refractivity contribution is -0.143. The number of para-hydroxylation sites is 1. The molecule has 2 aromatic rings. The topological polar surface area (TPSA) is 107 Å². The van der Waals surface area contributed by atoms with Crippen LogP contribution in [-0.2, 0) is 27.1 Å². The first-order chi connectivity index (χ1) is 23.8. The normalized spacial score (nSPS) is 21.6. The fourth-order valence-corrected chi connectivity index (χ4v) is 8.19. The first kappa shape index (κ1) is 33.5. The van der Waals surface area contributed by atoms with Crippen LogP contribution < -0.4 is 15.0 Å². The van der Waals surface area contributed by atoms with Crippen LogP contribution in [0.25, 0.3) is 0 Å². The van der Waals surface area contributed by atoms with E-state index in [1.807, 2.05) is 34.1 Å². The van der Waals surface area contributed by atoms with Gasteiger partial charge in [-0.15, -0.1) is 0 Å². The number of rotatable bonds is 6. The van der Waals surface area contributed by atoms with Crippen molar-refractivity contribution in [3.05, 3.63) is 53.1 Å². The predicted molar refractivity (Wildman–Crippen MR) is 186 cm³/mol. The van der Waals surface area contributed by atoms with Gasteiger partial charge in [-0.2, -0.15) is 0 Å². The lowest BCUT2D eigenvalue weighted by Gasteiger charge is -2.41. The molecular weight excluding hydrogens is 624 g/mol. The van der Waals surface area contributed by atoms with Gasteiger partial charge in [0, 0.05) is 90.3 Å². The Morgan fingerprint density at radius 3 is 2.43 bits per heavy atom. The molecule has 12 heteroatoms. The van der Waals surface area contributed by atoms with Crippen molar-refractivity contribution < 1.29 is 28.6 Å². The summed E-state index contributed by atoms with van der Waals surface area (Å²) in [6.07, 6.45) is 2.99. The minimum Gasteiger partial charge on any atom is -0.490 e. The van der Waals surface area contributed by atoms with E-state index in [0.717, 1.165) is 85.9 Å². The molecule has 0 unspecified atom stereocenters. The molecule has 3 saturated heterocycles. The molecule has 4 amide bonds. The average molecular weight is 675 g/mol. The third kappa shape index (κ3) is 7.45. The number of carbonyl (C=O) groups excluding carboxylic acids is 3. The van der Waals surface area contributed by atoms with Crippen LogP contribution in [0.1, 0.15) is 42.4 Å². The second-order valence-electron chi connectivity index (χ2n) is 14.1. The van der Waals surface area contributed by atoms with Crippen molar-refractivity contribution in [3.8, 4) is 5.75 Å². The second kappa shape index (κ2) is 14.8. The monoisotopic (exact) mass is 674 g/mol. The number of likely N-dealkylation sites (tertiary alicyclic amines) is 1. The van der Waals surface area contributed by atoms with E-state index >= 15 is 0 Å². The Labute approximate surface area is 289 Å². The van der Waals surface area contributed by atoms with E-state index in [9.17, 15) is 14.4 Å². The third-order valence-corrected chi connectivity index (χ3v) is 11.0. The highest BCUT2D eigenvalue weighted by atomic mass is 16.6. The number of anilines is 2. The van der Waals surface area contributed by atoms with Gasteiger partial charge in [-0.05, 0) is 67.9 Å². The zero-order chi connectivity index (χ0) is 33.9. The minimum atomic E-state index is -0.950. The zero-order valence-corrected chi connectivity index (χ0v) is 28.9. The molecule has 5 aliphatic heterocycles. The molecule has 2 aromatic carbocycles. The van der Waals surface area contributed by atoms with E-state index in [1.54, 1.807) is 4.90 Å². The van der Waals surface area contributed by atoms with Gasteiger partial charge in [0.1, 0.15) is 12.4 Å². The maximum absolute atomic E-state index is 14.2. The first-order valence-electron chi connectivity index (χ1n) is 18.0. The largest absolute Gasteiger partial charge is 0.490 e. The molecule has 1 N–H and O–H groups in total. The van der Waals surface area contributed by atoms with E-state index in [2.05, 4.69) is 41.2 Å². The highest BCUT2D eigenvalue weighted by Gasteiger charge is 2.36. The number of nitrogens with zero attached hydrogens (tertiary/aromatic N) is 5. The number of aryl methyl sites for hydroxylation is 1. The first-order valence-corrected chi connectivity index (χ1v) is 18.0. The molecule has 0 aliphatic carbocycles. The standard InChI is InChI=1S/C37H50N6O6/c1-26-23-27(24-32-34(26)39(2)19-22-48-32)25-33(35(44)41-17-15-40(16-18-41)29-10-20-47-21-11-29)49-37(46)42-12-8-30(9-13-42)43-14-7-28-5-3-4-6-31(28)38-36(43)45/h3-6,23-24,29-30,33H,7-22,25H2,1-2H3,(H,38,45)/t33-/m1/s1. The lowest BCUT2D eigenvalue weighted by atomic mass is 10.0. The molecule has 0 bridgehead atoms. The summed E-state index contributed by atoms with van der Waals surface area (Å²) in [5.41, 5.74) is 5.03. The maximum Gasteiger partial charge on any atom is 0.410 e. The molecule has 0 saturated carbocycles. The molecule has 0 aromatic heterocycles. The summed E-state index contributed by atoms with van der Waals surface area (Å²) in [7, 11) is 2.06. The van der Waals surface area contributed by atoms with Gasteiger partial charge in [0.15, 0.2) is 6.10 Å². The van der Waals surface area contributed by atoms with Crippen molar-refractivity contribution >= 4 is 29.4 Å². The number of urea groups is 1. The number of benzene rings is 2. The minimum absolute atomic E-state index is 0.0272.